The van der Waals surface area contributed by atoms with Crippen LogP contribution in [0.2, 0.25) is 0 Å². The van der Waals surface area contributed by atoms with Crippen molar-refractivity contribution >= 4 is 22.5 Å². The van der Waals surface area contributed by atoms with E-state index < -0.39 is 0 Å². The molecular formula is C33H38N6O3. The lowest BCUT2D eigenvalue weighted by Gasteiger charge is -2.42. The second-order valence-corrected chi connectivity index (χ2v) is 11.7. The van der Waals surface area contributed by atoms with Crippen molar-refractivity contribution in [2.75, 3.05) is 44.7 Å². The van der Waals surface area contributed by atoms with Gasteiger partial charge in [0.2, 0.25) is 5.91 Å². The highest BCUT2D eigenvalue weighted by Crippen LogP contribution is 2.40. The molecule has 42 heavy (non-hydrogen) atoms. The van der Waals surface area contributed by atoms with Crippen molar-refractivity contribution in [2.24, 2.45) is 0 Å². The van der Waals surface area contributed by atoms with E-state index in [-0.39, 0.29) is 30.0 Å². The summed E-state index contributed by atoms with van der Waals surface area (Å²) in [5, 5.41) is 22.2. The molecule has 1 aromatic heterocycles. The Morgan fingerprint density at radius 1 is 1.19 bits per heavy atom. The summed E-state index contributed by atoms with van der Waals surface area (Å²) < 4.78 is 6.28. The van der Waals surface area contributed by atoms with Gasteiger partial charge in [0.15, 0.2) is 0 Å². The van der Waals surface area contributed by atoms with Crippen LogP contribution < -0.4 is 9.64 Å². The van der Waals surface area contributed by atoms with Gasteiger partial charge in [-0.05, 0) is 86.2 Å². The van der Waals surface area contributed by atoms with Gasteiger partial charge in [-0.25, -0.2) is 0 Å². The molecular weight excluding hydrogens is 528 g/mol. The molecule has 6 rings (SSSR count). The fourth-order valence-corrected chi connectivity index (χ4v) is 6.92. The molecule has 0 bridgehead atoms. The highest BCUT2D eigenvalue weighted by Gasteiger charge is 2.34. The monoisotopic (exact) mass is 566 g/mol. The number of hydrogen-bond acceptors (Lipinski definition) is 8. The standard InChI is InChI=1S/C33H38N6O3/c1-3-31(41)39-16-15-38(20-24(39)12-13-34)32-28-11-10-23(29-19-26(40)17-22-7-4-5-9-27(22)29)18-30(28)35-33(36-32)42-21-25-8-6-14-37(25)2/h3-5,7,9,17,19,23-25,40H,1,6,8,10-12,14-16,18,20-21H2,2H3/t23-,24+,25-/m0/s1. The topological polar surface area (TPSA) is 106 Å². The van der Waals surface area contributed by atoms with E-state index in [1.54, 1.807) is 4.90 Å². The minimum Gasteiger partial charge on any atom is -0.508 e. The zero-order valence-corrected chi connectivity index (χ0v) is 24.2. The van der Waals surface area contributed by atoms with Crippen LogP contribution in [0.3, 0.4) is 0 Å². The number of fused-ring (bicyclic) bond motifs is 2. The number of carbonyl (C=O) groups is 1. The maximum absolute atomic E-state index is 12.5. The van der Waals surface area contributed by atoms with Gasteiger partial charge in [0, 0.05) is 31.2 Å². The van der Waals surface area contributed by atoms with E-state index in [1.165, 1.54) is 6.08 Å². The molecule has 3 atom stereocenters. The molecule has 0 spiro atoms. The number of ether oxygens (including phenoxy) is 1. The number of rotatable bonds is 7. The molecule has 1 amide bonds. The van der Waals surface area contributed by atoms with Crippen LogP contribution >= 0.6 is 0 Å². The maximum atomic E-state index is 12.5. The summed E-state index contributed by atoms with van der Waals surface area (Å²) in [4.78, 5) is 28.7. The van der Waals surface area contributed by atoms with Crippen molar-refractivity contribution in [3.63, 3.8) is 0 Å². The SMILES string of the molecule is C=CC(=O)N1CCN(c2nc(OC[C@@H]3CCCN3C)nc3c2CC[C@H](c2cc(O)cc4ccccc24)C3)C[C@H]1CC#N. The van der Waals surface area contributed by atoms with Crippen LogP contribution in [0.5, 0.6) is 11.8 Å². The van der Waals surface area contributed by atoms with Crippen LogP contribution in [-0.4, -0.2) is 82.7 Å². The molecule has 2 aromatic carbocycles. The lowest BCUT2D eigenvalue weighted by molar-refractivity contribution is -0.128. The molecule has 3 aliphatic rings. The summed E-state index contributed by atoms with van der Waals surface area (Å²) >= 11 is 0. The van der Waals surface area contributed by atoms with Gasteiger partial charge in [-0.3, -0.25) is 4.79 Å². The number of benzene rings is 2. The third kappa shape index (κ3) is 5.51. The first-order valence-corrected chi connectivity index (χ1v) is 14.9. The number of anilines is 1. The van der Waals surface area contributed by atoms with Crippen LogP contribution in [-0.2, 0) is 17.6 Å². The summed E-state index contributed by atoms with van der Waals surface area (Å²) in [6.07, 6.45) is 6.23. The van der Waals surface area contributed by atoms with Crippen LogP contribution in [0.4, 0.5) is 5.82 Å². The molecule has 9 nitrogen and oxygen atoms in total. The Kier molecular flexibility index (Phi) is 7.98. The number of nitriles is 1. The number of likely N-dealkylation sites (N-methyl/N-ethyl adjacent to an activating group) is 1. The molecule has 2 fully saturated rings. The van der Waals surface area contributed by atoms with Crippen molar-refractivity contribution in [1.82, 2.24) is 19.8 Å². The number of carbonyl (C=O) groups excluding carboxylic acids is 1. The van der Waals surface area contributed by atoms with Gasteiger partial charge in [0.25, 0.3) is 0 Å². The first kappa shape index (κ1) is 28.0. The third-order valence-corrected chi connectivity index (χ3v) is 9.19. The highest BCUT2D eigenvalue weighted by atomic mass is 16.5. The van der Waals surface area contributed by atoms with Crippen LogP contribution in [0, 0.1) is 11.3 Å². The van der Waals surface area contributed by atoms with Gasteiger partial charge in [0.1, 0.15) is 18.2 Å². The Morgan fingerprint density at radius 2 is 2.05 bits per heavy atom. The van der Waals surface area contributed by atoms with Crippen molar-refractivity contribution in [1.29, 1.82) is 5.26 Å². The number of aromatic hydroxyl groups is 1. The average Bonchev–Trinajstić information content (AvgIpc) is 3.42. The molecule has 3 aromatic rings. The highest BCUT2D eigenvalue weighted by molar-refractivity contribution is 5.88. The summed E-state index contributed by atoms with van der Waals surface area (Å²) in [6, 6.07) is 14.6. The zero-order chi connectivity index (χ0) is 29.2. The summed E-state index contributed by atoms with van der Waals surface area (Å²) in [5.74, 6) is 1.17. The Morgan fingerprint density at radius 3 is 2.83 bits per heavy atom. The van der Waals surface area contributed by atoms with Crippen LogP contribution in [0.1, 0.15) is 48.4 Å². The van der Waals surface area contributed by atoms with Gasteiger partial charge < -0.3 is 24.5 Å². The molecule has 2 saturated heterocycles. The Labute approximate surface area is 247 Å². The third-order valence-electron chi connectivity index (χ3n) is 9.19. The molecule has 0 saturated carbocycles. The number of piperazine rings is 1. The van der Waals surface area contributed by atoms with E-state index in [1.807, 2.05) is 30.3 Å². The lowest BCUT2D eigenvalue weighted by atomic mass is 9.80. The Balaban J connectivity index is 1.34. The molecule has 1 N–H and O–H groups in total. The summed E-state index contributed by atoms with van der Waals surface area (Å²) in [7, 11) is 2.13. The summed E-state index contributed by atoms with van der Waals surface area (Å²) in [5.41, 5.74) is 3.22. The quantitative estimate of drug-likeness (QED) is 0.425. The Bertz CT molecular complexity index is 1530. The molecule has 3 heterocycles. The van der Waals surface area contributed by atoms with Crippen molar-refractivity contribution in [3.8, 4) is 17.8 Å². The molecule has 218 valence electrons. The number of likely N-dealkylation sites (tertiary alicyclic amines) is 1. The first-order chi connectivity index (χ1) is 20.4. The molecule has 2 aliphatic heterocycles. The first-order valence-electron chi connectivity index (χ1n) is 14.9. The number of phenols is 1. The van der Waals surface area contributed by atoms with Gasteiger partial charge in [-0.1, -0.05) is 30.8 Å². The van der Waals surface area contributed by atoms with Crippen molar-refractivity contribution < 1.29 is 14.6 Å². The summed E-state index contributed by atoms with van der Waals surface area (Å²) in [6.45, 7) is 6.87. The number of amides is 1. The van der Waals surface area contributed by atoms with Gasteiger partial charge in [0.05, 0.1) is 24.2 Å². The number of aromatic nitrogens is 2. The molecule has 9 heteroatoms. The normalized spacial score (nSPS) is 22.5. The van der Waals surface area contributed by atoms with E-state index in [2.05, 4.69) is 35.6 Å². The van der Waals surface area contributed by atoms with Crippen molar-refractivity contribution in [3.05, 3.63) is 65.9 Å². The molecule has 0 radical (unpaired) electrons. The fraction of sp³-hybridized carbons (Fsp3) is 0.455. The number of nitrogens with zero attached hydrogens (tertiary/aromatic N) is 6. The number of hydrogen-bond donors (Lipinski definition) is 1. The molecule has 0 unspecified atom stereocenters. The van der Waals surface area contributed by atoms with E-state index in [0.717, 1.165) is 65.6 Å². The fourth-order valence-electron chi connectivity index (χ4n) is 6.92. The van der Waals surface area contributed by atoms with Crippen molar-refractivity contribution in [2.45, 2.75) is 56.5 Å². The average molecular weight is 567 g/mol. The second-order valence-electron chi connectivity index (χ2n) is 11.7. The zero-order valence-electron chi connectivity index (χ0n) is 24.2. The van der Waals surface area contributed by atoms with Gasteiger partial charge >= 0.3 is 6.01 Å². The predicted molar refractivity (Wildman–Crippen MR) is 162 cm³/mol. The minimum absolute atomic E-state index is 0.148. The second kappa shape index (κ2) is 12.0. The predicted octanol–water partition coefficient (Wildman–Crippen LogP) is 4.20. The maximum Gasteiger partial charge on any atom is 0.318 e. The van der Waals surface area contributed by atoms with E-state index in [4.69, 9.17) is 14.7 Å². The Hall–Kier alpha value is -4.16. The number of phenolic OH excluding ortho intramolecular Hbond substituents is 1. The smallest absolute Gasteiger partial charge is 0.318 e. The molecule has 1 aliphatic carbocycles. The minimum atomic E-state index is -0.244. The lowest BCUT2D eigenvalue weighted by Crippen LogP contribution is -2.55. The van der Waals surface area contributed by atoms with E-state index in [9.17, 15) is 15.2 Å². The van der Waals surface area contributed by atoms with Crippen LogP contribution in [0.15, 0.2) is 49.1 Å². The van der Waals surface area contributed by atoms with Crippen LogP contribution in [0.25, 0.3) is 10.8 Å². The van der Waals surface area contributed by atoms with Gasteiger partial charge in [-0.15, -0.1) is 0 Å². The van der Waals surface area contributed by atoms with E-state index >= 15 is 0 Å². The van der Waals surface area contributed by atoms with E-state index in [0.29, 0.717) is 44.7 Å². The largest absolute Gasteiger partial charge is 0.508 e. The van der Waals surface area contributed by atoms with Gasteiger partial charge in [-0.2, -0.15) is 15.2 Å².